The Balaban J connectivity index is 1.73. The topological polar surface area (TPSA) is 51.5 Å². The predicted molar refractivity (Wildman–Crippen MR) is 77.5 cm³/mol. The molecule has 0 atom stereocenters. The van der Waals surface area contributed by atoms with E-state index < -0.39 is 5.97 Å². The number of furan rings is 1. The fourth-order valence-electron chi connectivity index (χ4n) is 1.59. The molecule has 6 heteroatoms. The summed E-state index contributed by atoms with van der Waals surface area (Å²) in [5, 5.41) is 3.28. The van der Waals surface area contributed by atoms with Crippen LogP contribution in [0.1, 0.15) is 21.2 Å². The van der Waals surface area contributed by atoms with Crippen molar-refractivity contribution < 1.29 is 13.9 Å². The first-order valence-corrected chi connectivity index (χ1v) is 7.42. The summed E-state index contributed by atoms with van der Waals surface area (Å²) >= 11 is 5.18. The first-order valence-electron chi connectivity index (χ1n) is 5.81. The van der Waals surface area contributed by atoms with Crippen LogP contribution >= 0.6 is 27.3 Å². The molecule has 0 amide bonds. The number of methoxy groups -OCH3 is 1. The first-order chi connectivity index (χ1) is 9.19. The molecule has 0 aliphatic rings. The highest BCUT2D eigenvalue weighted by molar-refractivity contribution is 9.11. The van der Waals surface area contributed by atoms with Gasteiger partial charge in [-0.3, -0.25) is 0 Å². The van der Waals surface area contributed by atoms with E-state index in [-0.39, 0.29) is 5.76 Å². The van der Waals surface area contributed by atoms with Gasteiger partial charge in [0.25, 0.3) is 0 Å². The smallest absolute Gasteiger partial charge is 0.373 e. The summed E-state index contributed by atoms with van der Waals surface area (Å²) in [4.78, 5) is 12.5. The molecule has 2 rings (SSSR count). The normalized spacial score (nSPS) is 10.6. The van der Waals surface area contributed by atoms with E-state index in [2.05, 4.69) is 38.1 Å². The lowest BCUT2D eigenvalue weighted by atomic mass is 10.3. The fraction of sp³-hybridized carbons (Fsp3) is 0.308. The number of rotatable bonds is 6. The summed E-state index contributed by atoms with van der Waals surface area (Å²) in [6, 6.07) is 7.56. The van der Waals surface area contributed by atoms with E-state index >= 15 is 0 Å². The van der Waals surface area contributed by atoms with Crippen LogP contribution in [0.3, 0.4) is 0 Å². The summed E-state index contributed by atoms with van der Waals surface area (Å²) in [5.41, 5.74) is 0. The molecule has 2 aromatic heterocycles. The Bertz CT molecular complexity index is 550. The van der Waals surface area contributed by atoms with Crippen molar-refractivity contribution in [1.82, 2.24) is 5.32 Å². The molecule has 0 aliphatic carbocycles. The number of ether oxygens (including phenoxy) is 1. The maximum absolute atomic E-state index is 11.2. The summed E-state index contributed by atoms with van der Waals surface area (Å²) in [7, 11) is 1.34. The molecule has 0 bridgehead atoms. The number of esters is 1. The molecule has 19 heavy (non-hydrogen) atoms. The molecular formula is C13H14BrNO3S. The molecule has 0 saturated heterocycles. The number of carbonyl (C=O) groups is 1. The number of nitrogens with one attached hydrogen (secondary N) is 1. The van der Waals surface area contributed by atoms with Gasteiger partial charge in [0.1, 0.15) is 5.76 Å². The molecule has 0 radical (unpaired) electrons. The largest absolute Gasteiger partial charge is 0.463 e. The van der Waals surface area contributed by atoms with E-state index in [0.29, 0.717) is 6.54 Å². The highest BCUT2D eigenvalue weighted by atomic mass is 79.9. The molecule has 0 spiro atoms. The van der Waals surface area contributed by atoms with Gasteiger partial charge in [0, 0.05) is 11.4 Å². The van der Waals surface area contributed by atoms with Gasteiger partial charge in [-0.1, -0.05) is 0 Å². The molecular weight excluding hydrogens is 330 g/mol. The van der Waals surface area contributed by atoms with E-state index in [1.807, 2.05) is 0 Å². The standard InChI is InChI=1S/C13H14BrNO3S/c1-17-13(16)11-4-2-9(18-11)8-15-7-6-10-3-5-12(14)19-10/h2-5,15H,6-8H2,1H3. The van der Waals surface area contributed by atoms with Crippen LogP contribution in [-0.2, 0) is 17.7 Å². The average Bonchev–Trinajstić information content (AvgIpc) is 3.03. The van der Waals surface area contributed by atoms with Crippen molar-refractivity contribution in [1.29, 1.82) is 0 Å². The lowest BCUT2D eigenvalue weighted by Gasteiger charge is -2.01. The Morgan fingerprint density at radius 1 is 1.42 bits per heavy atom. The van der Waals surface area contributed by atoms with Crippen LogP contribution in [0.2, 0.25) is 0 Å². The number of halogens is 1. The van der Waals surface area contributed by atoms with Crippen molar-refractivity contribution >= 4 is 33.2 Å². The minimum atomic E-state index is -0.449. The Hall–Kier alpha value is -1.11. The first kappa shape index (κ1) is 14.3. The average molecular weight is 344 g/mol. The highest BCUT2D eigenvalue weighted by Gasteiger charge is 2.10. The van der Waals surface area contributed by atoms with Crippen LogP contribution in [0, 0.1) is 0 Å². The van der Waals surface area contributed by atoms with Crippen LogP contribution in [0.4, 0.5) is 0 Å². The van der Waals surface area contributed by atoms with E-state index in [1.54, 1.807) is 23.5 Å². The van der Waals surface area contributed by atoms with Gasteiger partial charge in [0.05, 0.1) is 17.4 Å². The number of hydrogen-bond acceptors (Lipinski definition) is 5. The zero-order chi connectivity index (χ0) is 13.7. The molecule has 102 valence electrons. The third-order valence-electron chi connectivity index (χ3n) is 2.52. The van der Waals surface area contributed by atoms with Crippen molar-refractivity contribution in [2.75, 3.05) is 13.7 Å². The zero-order valence-corrected chi connectivity index (χ0v) is 12.8. The quantitative estimate of drug-likeness (QED) is 0.646. The summed E-state index contributed by atoms with van der Waals surface area (Å²) in [6.45, 7) is 1.46. The van der Waals surface area contributed by atoms with Crippen LogP contribution < -0.4 is 5.32 Å². The summed E-state index contributed by atoms with van der Waals surface area (Å²) < 4.78 is 11.1. The zero-order valence-electron chi connectivity index (χ0n) is 10.4. The van der Waals surface area contributed by atoms with Gasteiger partial charge < -0.3 is 14.5 Å². The number of carbonyl (C=O) groups excluding carboxylic acids is 1. The molecule has 2 heterocycles. The van der Waals surface area contributed by atoms with E-state index in [0.717, 1.165) is 22.5 Å². The van der Waals surface area contributed by atoms with Gasteiger partial charge in [0.15, 0.2) is 0 Å². The van der Waals surface area contributed by atoms with Gasteiger partial charge in [-0.15, -0.1) is 11.3 Å². The van der Waals surface area contributed by atoms with Gasteiger partial charge >= 0.3 is 5.97 Å². The Morgan fingerprint density at radius 3 is 2.95 bits per heavy atom. The monoisotopic (exact) mass is 343 g/mol. The van der Waals surface area contributed by atoms with Crippen LogP contribution in [0.25, 0.3) is 0 Å². The third kappa shape index (κ3) is 4.19. The molecule has 0 unspecified atom stereocenters. The van der Waals surface area contributed by atoms with Crippen molar-refractivity contribution in [2.24, 2.45) is 0 Å². The minimum absolute atomic E-state index is 0.237. The minimum Gasteiger partial charge on any atom is -0.463 e. The Kier molecular flexibility index (Phi) is 5.18. The molecule has 4 nitrogen and oxygen atoms in total. The second-order valence-corrected chi connectivity index (χ2v) is 6.44. The molecule has 1 N–H and O–H groups in total. The Labute approximate surface area is 123 Å². The van der Waals surface area contributed by atoms with Gasteiger partial charge in [-0.2, -0.15) is 0 Å². The predicted octanol–water partition coefficient (Wildman–Crippen LogP) is 3.22. The molecule has 0 aliphatic heterocycles. The number of thiophene rings is 1. The van der Waals surface area contributed by atoms with E-state index in [4.69, 9.17) is 4.42 Å². The maximum atomic E-state index is 11.2. The Morgan fingerprint density at radius 2 is 2.26 bits per heavy atom. The van der Waals surface area contributed by atoms with E-state index in [9.17, 15) is 4.79 Å². The highest BCUT2D eigenvalue weighted by Crippen LogP contribution is 2.22. The molecule has 2 aromatic rings. The second kappa shape index (κ2) is 6.88. The summed E-state index contributed by atoms with van der Waals surface area (Å²) in [6.07, 6.45) is 0.973. The fourth-order valence-corrected chi connectivity index (χ4v) is 3.08. The van der Waals surface area contributed by atoms with Crippen molar-refractivity contribution in [3.8, 4) is 0 Å². The molecule has 0 aromatic carbocycles. The van der Waals surface area contributed by atoms with Crippen molar-refractivity contribution in [2.45, 2.75) is 13.0 Å². The molecule has 0 saturated carbocycles. The van der Waals surface area contributed by atoms with Gasteiger partial charge in [-0.05, 0) is 46.6 Å². The van der Waals surface area contributed by atoms with Crippen LogP contribution in [-0.4, -0.2) is 19.6 Å². The van der Waals surface area contributed by atoms with Gasteiger partial charge in [0.2, 0.25) is 5.76 Å². The lowest BCUT2D eigenvalue weighted by Crippen LogP contribution is -2.15. The SMILES string of the molecule is COC(=O)c1ccc(CNCCc2ccc(Br)s2)o1. The lowest BCUT2D eigenvalue weighted by molar-refractivity contribution is 0.0563. The number of hydrogen-bond donors (Lipinski definition) is 1. The second-order valence-electron chi connectivity index (χ2n) is 3.89. The summed E-state index contributed by atoms with van der Waals surface area (Å²) in [5.74, 6) is 0.518. The van der Waals surface area contributed by atoms with Crippen LogP contribution in [0.5, 0.6) is 0 Å². The van der Waals surface area contributed by atoms with Crippen molar-refractivity contribution in [3.05, 3.63) is 44.4 Å². The third-order valence-corrected chi connectivity index (χ3v) is 4.21. The van der Waals surface area contributed by atoms with Gasteiger partial charge in [-0.25, -0.2) is 4.79 Å². The maximum Gasteiger partial charge on any atom is 0.373 e. The molecule has 0 fully saturated rings. The van der Waals surface area contributed by atoms with Crippen molar-refractivity contribution in [3.63, 3.8) is 0 Å². The van der Waals surface area contributed by atoms with Crippen LogP contribution in [0.15, 0.2) is 32.5 Å². The van der Waals surface area contributed by atoms with E-state index in [1.165, 1.54) is 12.0 Å².